The Bertz CT molecular complexity index is 396. The van der Waals surface area contributed by atoms with Crippen molar-refractivity contribution in [2.45, 2.75) is 140 Å². The van der Waals surface area contributed by atoms with Crippen LogP contribution in [-0.4, -0.2) is 66.2 Å². The van der Waals surface area contributed by atoms with Gasteiger partial charge in [0, 0.05) is 7.11 Å². The van der Waals surface area contributed by atoms with Crippen molar-refractivity contribution in [1.29, 1.82) is 0 Å². The summed E-state index contributed by atoms with van der Waals surface area (Å²) in [5.74, 6) is 0. The van der Waals surface area contributed by atoms with Crippen molar-refractivity contribution < 1.29 is 24.8 Å². The number of hydrogen-bond donors (Lipinski definition) is 4. The summed E-state index contributed by atoms with van der Waals surface area (Å²) < 4.78 is 10.8. The molecule has 6 heteroatoms. The summed E-state index contributed by atoms with van der Waals surface area (Å²) in [4.78, 5) is 0. The van der Waals surface area contributed by atoms with Gasteiger partial charge in [-0.15, -0.1) is 0 Å². The Kier molecular flexibility index (Phi) is 17.9. The van der Waals surface area contributed by atoms with Crippen LogP contribution < -0.4 is 5.32 Å². The maximum atomic E-state index is 10.3. The number of aliphatic hydroxyl groups excluding tert-OH is 3. The van der Waals surface area contributed by atoms with Crippen LogP contribution in [0.3, 0.4) is 0 Å². The van der Waals surface area contributed by atoms with E-state index in [9.17, 15) is 15.3 Å². The van der Waals surface area contributed by atoms with Gasteiger partial charge < -0.3 is 30.1 Å². The third-order valence-electron chi connectivity index (χ3n) is 6.52. The summed E-state index contributed by atoms with van der Waals surface area (Å²) >= 11 is 0. The van der Waals surface area contributed by atoms with Gasteiger partial charge in [-0.2, -0.15) is 0 Å². The number of hydrogen-bond acceptors (Lipinski definition) is 6. The van der Waals surface area contributed by atoms with Gasteiger partial charge in [-0.25, -0.2) is 0 Å². The highest BCUT2D eigenvalue weighted by atomic mass is 16.7. The maximum absolute atomic E-state index is 10.3. The van der Waals surface area contributed by atoms with Gasteiger partial charge in [0.25, 0.3) is 0 Å². The molecule has 0 aromatic carbocycles. The molecule has 1 heterocycles. The predicted octanol–water partition coefficient (Wildman–Crippen LogP) is 4.29. The summed E-state index contributed by atoms with van der Waals surface area (Å²) in [5.41, 5.74) is 0. The fourth-order valence-electron chi connectivity index (χ4n) is 4.44. The van der Waals surface area contributed by atoms with Crippen molar-refractivity contribution in [3.63, 3.8) is 0 Å². The Morgan fingerprint density at radius 1 is 0.710 bits per heavy atom. The quantitative estimate of drug-likeness (QED) is 0.209. The van der Waals surface area contributed by atoms with Crippen LogP contribution in [0.2, 0.25) is 0 Å². The SMILES string of the molecule is CCCCCCCCCCCCCCCCCCN[C@H]1C(OC)O[C@H](CO)[C@H](O)[C@@H]1O. The van der Waals surface area contributed by atoms with E-state index in [1.165, 1.54) is 97.0 Å². The van der Waals surface area contributed by atoms with Crippen LogP contribution in [0.25, 0.3) is 0 Å². The first-order valence-electron chi connectivity index (χ1n) is 13.0. The first-order chi connectivity index (χ1) is 15.2. The largest absolute Gasteiger partial charge is 0.394 e. The van der Waals surface area contributed by atoms with E-state index >= 15 is 0 Å². The van der Waals surface area contributed by atoms with Crippen molar-refractivity contribution >= 4 is 0 Å². The first-order valence-corrected chi connectivity index (χ1v) is 13.0. The molecule has 1 saturated heterocycles. The lowest BCUT2D eigenvalue weighted by molar-refractivity contribution is -0.263. The minimum Gasteiger partial charge on any atom is -0.394 e. The third kappa shape index (κ3) is 12.5. The van der Waals surface area contributed by atoms with Crippen LogP contribution in [-0.2, 0) is 9.47 Å². The van der Waals surface area contributed by atoms with E-state index in [0.717, 1.165) is 19.4 Å². The molecule has 0 radical (unpaired) electrons. The van der Waals surface area contributed by atoms with E-state index in [-0.39, 0.29) is 6.61 Å². The van der Waals surface area contributed by atoms with Crippen LogP contribution in [0.1, 0.15) is 110 Å². The monoisotopic (exact) mass is 445 g/mol. The van der Waals surface area contributed by atoms with Crippen LogP contribution in [0.5, 0.6) is 0 Å². The highest BCUT2D eigenvalue weighted by Gasteiger charge is 2.44. The number of aliphatic hydroxyl groups is 3. The van der Waals surface area contributed by atoms with Gasteiger partial charge in [0.05, 0.1) is 12.6 Å². The molecule has 1 fully saturated rings. The third-order valence-corrected chi connectivity index (χ3v) is 6.52. The van der Waals surface area contributed by atoms with Gasteiger partial charge in [0.2, 0.25) is 0 Å². The lowest BCUT2D eigenvalue weighted by Gasteiger charge is -2.42. The molecule has 0 aliphatic carbocycles. The maximum Gasteiger partial charge on any atom is 0.175 e. The molecule has 1 rings (SSSR count). The van der Waals surface area contributed by atoms with Gasteiger partial charge >= 0.3 is 0 Å². The minimum atomic E-state index is -1.11. The van der Waals surface area contributed by atoms with Crippen LogP contribution in [0.4, 0.5) is 0 Å². The average Bonchev–Trinajstić information content (AvgIpc) is 2.78. The molecule has 186 valence electrons. The Hall–Kier alpha value is -0.240. The second-order valence-electron chi connectivity index (χ2n) is 9.23. The van der Waals surface area contributed by atoms with Gasteiger partial charge in [0.15, 0.2) is 6.29 Å². The van der Waals surface area contributed by atoms with Gasteiger partial charge in [-0.3, -0.25) is 0 Å². The minimum absolute atomic E-state index is 0.343. The molecule has 6 nitrogen and oxygen atoms in total. The van der Waals surface area contributed by atoms with Crippen LogP contribution >= 0.6 is 0 Å². The number of rotatable bonds is 20. The van der Waals surface area contributed by atoms with Crippen molar-refractivity contribution in [2.24, 2.45) is 0 Å². The zero-order chi connectivity index (χ0) is 22.7. The van der Waals surface area contributed by atoms with Crippen LogP contribution in [0, 0.1) is 0 Å². The Balaban J connectivity index is 1.91. The zero-order valence-corrected chi connectivity index (χ0v) is 20.3. The number of nitrogens with one attached hydrogen (secondary N) is 1. The topological polar surface area (TPSA) is 91.2 Å². The fraction of sp³-hybridized carbons (Fsp3) is 1.00. The van der Waals surface area contributed by atoms with Crippen molar-refractivity contribution in [3.05, 3.63) is 0 Å². The Morgan fingerprint density at radius 2 is 1.16 bits per heavy atom. The molecular formula is C25H51NO5. The molecule has 31 heavy (non-hydrogen) atoms. The molecule has 0 aromatic heterocycles. The predicted molar refractivity (Wildman–Crippen MR) is 126 cm³/mol. The summed E-state index contributed by atoms with van der Waals surface area (Å²) in [7, 11) is 1.51. The number of methoxy groups -OCH3 is 1. The van der Waals surface area contributed by atoms with Gasteiger partial charge in [-0.1, -0.05) is 103 Å². The Labute approximate surface area is 191 Å². The molecule has 0 amide bonds. The molecule has 1 aliphatic heterocycles. The first kappa shape index (κ1) is 28.8. The lowest BCUT2D eigenvalue weighted by atomic mass is 9.97. The van der Waals surface area contributed by atoms with E-state index < -0.39 is 30.6 Å². The standard InChI is InChI=1S/C25H51NO5/c1-3-4-5-6-7-8-9-10-11-12-13-14-15-16-17-18-19-26-22-24(29)23(28)21(20-27)31-25(22)30-2/h21-29H,3-20H2,1-2H3/t21-,22-,23+,24-,25?/m1/s1. The molecular weight excluding hydrogens is 394 g/mol. The highest BCUT2D eigenvalue weighted by molar-refractivity contribution is 4.93. The second-order valence-corrected chi connectivity index (χ2v) is 9.23. The van der Waals surface area contributed by atoms with E-state index in [1.807, 2.05) is 0 Å². The smallest absolute Gasteiger partial charge is 0.175 e. The molecule has 0 bridgehead atoms. The summed E-state index contributed by atoms with van der Waals surface area (Å²) in [6.45, 7) is 2.68. The van der Waals surface area contributed by atoms with Gasteiger partial charge in [-0.05, 0) is 13.0 Å². The number of ether oxygens (including phenoxy) is 2. The number of unbranched alkanes of at least 4 members (excludes halogenated alkanes) is 15. The van der Waals surface area contributed by atoms with Crippen molar-refractivity contribution in [2.75, 3.05) is 20.3 Å². The average molecular weight is 446 g/mol. The molecule has 1 aliphatic rings. The van der Waals surface area contributed by atoms with Crippen molar-refractivity contribution in [1.82, 2.24) is 5.32 Å². The van der Waals surface area contributed by atoms with Crippen molar-refractivity contribution in [3.8, 4) is 0 Å². The van der Waals surface area contributed by atoms with E-state index in [4.69, 9.17) is 9.47 Å². The molecule has 1 unspecified atom stereocenters. The summed E-state index contributed by atoms with van der Waals surface area (Å²) in [6.07, 6.45) is 17.9. The van der Waals surface area contributed by atoms with E-state index in [0.29, 0.717) is 0 Å². The van der Waals surface area contributed by atoms with Gasteiger partial charge in [0.1, 0.15) is 18.3 Å². The molecule has 0 saturated carbocycles. The van der Waals surface area contributed by atoms with E-state index in [2.05, 4.69) is 12.2 Å². The summed E-state index contributed by atoms with van der Waals surface area (Å²) in [5, 5.41) is 32.8. The van der Waals surface area contributed by atoms with Crippen LogP contribution in [0.15, 0.2) is 0 Å². The zero-order valence-electron chi connectivity index (χ0n) is 20.3. The molecule has 0 aromatic rings. The normalized spacial score (nSPS) is 26.4. The lowest BCUT2D eigenvalue weighted by Crippen LogP contribution is -2.63. The highest BCUT2D eigenvalue weighted by Crippen LogP contribution is 2.22. The molecule has 4 N–H and O–H groups in total. The molecule has 0 spiro atoms. The molecule has 5 atom stereocenters. The Morgan fingerprint density at radius 3 is 1.58 bits per heavy atom. The van der Waals surface area contributed by atoms with E-state index in [1.54, 1.807) is 0 Å². The fourth-order valence-corrected chi connectivity index (χ4v) is 4.44. The second kappa shape index (κ2) is 19.2. The summed E-state index contributed by atoms with van der Waals surface area (Å²) in [6, 6.07) is -0.487.